The number of cyclic esters (lactones) is 1. The van der Waals surface area contributed by atoms with Gasteiger partial charge in [0.05, 0.1) is 31.1 Å². The first kappa shape index (κ1) is 23.8. The molecular formula is C23H25FN6O6. The highest BCUT2D eigenvalue weighted by Crippen LogP contribution is 2.35. The number of hydrogen-bond donors (Lipinski definition) is 4. The molecule has 4 N–H and O–H groups in total. The fourth-order valence-corrected chi connectivity index (χ4v) is 4.42. The standard InChI is InChI=1S/C23H25FN6O6/c24-15-1-2-16-21(29(7-8-31)20(33)10-26-16)14(15)5-6-25-9-13-11-30(23(34)36-13)18-4-3-17-22(27-18)28-19(32)12-35-17/h1-4,13,25-26,31H,5-12H2,(H,27,28,32)/t13-/m0/s1. The molecule has 1 aromatic heterocycles. The molecule has 0 bridgehead atoms. The van der Waals surface area contributed by atoms with Gasteiger partial charge in [-0.25, -0.2) is 14.2 Å². The number of aliphatic hydroxyl groups excluding tert-OH is 1. The lowest BCUT2D eigenvalue weighted by atomic mass is 10.0. The lowest BCUT2D eigenvalue weighted by Crippen LogP contribution is -2.42. The first-order valence-electron chi connectivity index (χ1n) is 11.5. The molecule has 36 heavy (non-hydrogen) atoms. The van der Waals surface area contributed by atoms with Gasteiger partial charge in [-0.2, -0.15) is 0 Å². The topological polar surface area (TPSA) is 145 Å². The highest BCUT2D eigenvalue weighted by molar-refractivity contribution is 6.03. The van der Waals surface area contributed by atoms with Gasteiger partial charge in [0, 0.05) is 18.7 Å². The summed E-state index contributed by atoms with van der Waals surface area (Å²) in [5.41, 5.74) is 1.44. The molecule has 12 nitrogen and oxygen atoms in total. The van der Waals surface area contributed by atoms with Crippen LogP contribution >= 0.6 is 0 Å². The number of ether oxygens (including phenoxy) is 2. The summed E-state index contributed by atoms with van der Waals surface area (Å²) in [6.45, 7) is 0.765. The van der Waals surface area contributed by atoms with Gasteiger partial charge < -0.3 is 35.4 Å². The summed E-state index contributed by atoms with van der Waals surface area (Å²) in [6.07, 6.45) is -0.753. The van der Waals surface area contributed by atoms with Crippen LogP contribution in [0.15, 0.2) is 24.3 Å². The lowest BCUT2D eigenvalue weighted by Gasteiger charge is -2.32. The van der Waals surface area contributed by atoms with Gasteiger partial charge in [-0.15, -0.1) is 0 Å². The maximum Gasteiger partial charge on any atom is 0.416 e. The van der Waals surface area contributed by atoms with Crippen molar-refractivity contribution in [2.75, 3.05) is 66.4 Å². The number of anilines is 4. The predicted octanol–water partition coefficient (Wildman–Crippen LogP) is 0.460. The third-order valence-corrected chi connectivity index (χ3v) is 6.08. The van der Waals surface area contributed by atoms with Gasteiger partial charge in [-0.05, 0) is 37.2 Å². The van der Waals surface area contributed by atoms with E-state index < -0.39 is 18.0 Å². The Balaban J connectivity index is 1.19. The molecule has 1 saturated heterocycles. The zero-order valence-corrected chi connectivity index (χ0v) is 19.3. The molecule has 2 aromatic rings. The molecule has 4 heterocycles. The van der Waals surface area contributed by atoms with E-state index in [2.05, 4.69) is 20.9 Å². The second-order valence-corrected chi connectivity index (χ2v) is 8.47. The van der Waals surface area contributed by atoms with E-state index in [1.54, 1.807) is 18.2 Å². The first-order chi connectivity index (χ1) is 17.4. The third-order valence-electron chi connectivity index (χ3n) is 6.08. The zero-order valence-electron chi connectivity index (χ0n) is 19.3. The summed E-state index contributed by atoms with van der Waals surface area (Å²) >= 11 is 0. The van der Waals surface area contributed by atoms with Crippen LogP contribution in [0.4, 0.5) is 32.2 Å². The monoisotopic (exact) mass is 500 g/mol. The van der Waals surface area contributed by atoms with Gasteiger partial charge in [-0.1, -0.05) is 0 Å². The smallest absolute Gasteiger partial charge is 0.416 e. The normalized spacial score (nSPS) is 18.7. The molecule has 190 valence electrons. The number of fused-ring (bicyclic) bond motifs is 2. The van der Waals surface area contributed by atoms with Crippen molar-refractivity contribution in [2.45, 2.75) is 12.5 Å². The molecule has 1 atom stereocenters. The van der Waals surface area contributed by atoms with Crippen LogP contribution in [0, 0.1) is 5.82 Å². The number of halogens is 1. The van der Waals surface area contributed by atoms with Gasteiger partial charge in [-0.3, -0.25) is 14.5 Å². The fourth-order valence-electron chi connectivity index (χ4n) is 4.42. The highest BCUT2D eigenvalue weighted by Gasteiger charge is 2.34. The van der Waals surface area contributed by atoms with Crippen molar-refractivity contribution in [3.8, 4) is 5.75 Å². The van der Waals surface area contributed by atoms with Crippen molar-refractivity contribution in [1.29, 1.82) is 0 Å². The summed E-state index contributed by atoms with van der Waals surface area (Å²) < 4.78 is 25.4. The maximum absolute atomic E-state index is 14.7. The van der Waals surface area contributed by atoms with Crippen molar-refractivity contribution in [2.24, 2.45) is 0 Å². The van der Waals surface area contributed by atoms with E-state index in [0.29, 0.717) is 41.6 Å². The van der Waals surface area contributed by atoms with E-state index in [1.165, 1.54) is 15.9 Å². The molecule has 3 amide bonds. The van der Waals surface area contributed by atoms with Crippen molar-refractivity contribution in [1.82, 2.24) is 10.3 Å². The number of β-amino-alcohol motifs (C(OH)–C–C–N with tert-alkyl or cyclic N) is 1. The quantitative estimate of drug-likeness (QED) is 0.380. The zero-order chi connectivity index (χ0) is 25.2. The number of amides is 3. The number of rotatable bonds is 8. The number of nitrogens with zero attached hydrogens (tertiary/aromatic N) is 3. The van der Waals surface area contributed by atoms with Crippen molar-refractivity contribution < 1.29 is 33.4 Å². The maximum atomic E-state index is 14.7. The molecule has 0 spiro atoms. The molecule has 0 unspecified atom stereocenters. The largest absolute Gasteiger partial charge is 0.480 e. The minimum absolute atomic E-state index is 0.0811. The van der Waals surface area contributed by atoms with Gasteiger partial charge in [0.15, 0.2) is 18.2 Å². The fraction of sp³-hybridized carbons (Fsp3) is 0.391. The van der Waals surface area contributed by atoms with E-state index in [0.717, 1.165) is 0 Å². The van der Waals surface area contributed by atoms with Crippen LogP contribution in [-0.2, 0) is 20.7 Å². The average Bonchev–Trinajstić information content (AvgIpc) is 3.24. The average molecular weight is 500 g/mol. The molecule has 13 heteroatoms. The first-order valence-corrected chi connectivity index (χ1v) is 11.5. The van der Waals surface area contributed by atoms with Crippen molar-refractivity contribution >= 4 is 40.9 Å². The van der Waals surface area contributed by atoms with Gasteiger partial charge in [0.25, 0.3) is 5.91 Å². The summed E-state index contributed by atoms with van der Waals surface area (Å²) in [6, 6.07) is 6.17. The molecule has 3 aliphatic rings. The van der Waals surface area contributed by atoms with Crippen LogP contribution in [-0.4, -0.2) is 80.0 Å². The van der Waals surface area contributed by atoms with E-state index in [-0.39, 0.29) is 56.9 Å². The van der Waals surface area contributed by atoms with E-state index >= 15 is 0 Å². The number of pyridine rings is 1. The van der Waals surface area contributed by atoms with Gasteiger partial charge >= 0.3 is 6.09 Å². The molecule has 1 aromatic carbocycles. The SMILES string of the molecule is O=C1COc2ccc(N3C[C@H](CNCCc4c(F)ccc5c4N(CCO)C(=O)CN5)OC3=O)nc2N1. The number of hydrogen-bond acceptors (Lipinski definition) is 9. The Morgan fingerprint density at radius 1 is 1.22 bits per heavy atom. The Morgan fingerprint density at radius 3 is 2.92 bits per heavy atom. The van der Waals surface area contributed by atoms with Crippen LogP contribution in [0.2, 0.25) is 0 Å². The number of nitrogens with one attached hydrogen (secondary N) is 3. The Morgan fingerprint density at radius 2 is 2.08 bits per heavy atom. The van der Waals surface area contributed by atoms with Crippen LogP contribution < -0.4 is 30.5 Å². The number of benzene rings is 1. The molecule has 0 saturated carbocycles. The Bertz CT molecular complexity index is 1210. The number of aliphatic hydroxyl groups is 1. The Hall–Kier alpha value is -3.97. The van der Waals surface area contributed by atoms with Crippen LogP contribution in [0.1, 0.15) is 5.56 Å². The summed E-state index contributed by atoms with van der Waals surface area (Å²) in [5, 5.41) is 18.1. The van der Waals surface area contributed by atoms with Gasteiger partial charge in [0.1, 0.15) is 17.7 Å². The van der Waals surface area contributed by atoms with E-state index in [9.17, 15) is 23.9 Å². The molecule has 5 rings (SSSR count). The molecular weight excluding hydrogens is 475 g/mol. The molecule has 0 aliphatic carbocycles. The minimum atomic E-state index is -0.565. The Labute approximate surface area is 205 Å². The number of aromatic nitrogens is 1. The summed E-state index contributed by atoms with van der Waals surface area (Å²) in [7, 11) is 0. The number of carbonyl (C=O) groups is 3. The second kappa shape index (κ2) is 9.95. The summed E-state index contributed by atoms with van der Waals surface area (Å²) in [4.78, 5) is 43.3. The summed E-state index contributed by atoms with van der Waals surface area (Å²) in [5.74, 6) is -0.0112. The van der Waals surface area contributed by atoms with Crippen molar-refractivity contribution in [3.63, 3.8) is 0 Å². The van der Waals surface area contributed by atoms with Crippen LogP contribution in [0.5, 0.6) is 5.75 Å². The van der Waals surface area contributed by atoms with Crippen LogP contribution in [0.25, 0.3) is 0 Å². The van der Waals surface area contributed by atoms with Crippen molar-refractivity contribution in [3.05, 3.63) is 35.6 Å². The third kappa shape index (κ3) is 4.62. The number of carbonyl (C=O) groups excluding carboxylic acids is 3. The second-order valence-electron chi connectivity index (χ2n) is 8.47. The highest BCUT2D eigenvalue weighted by atomic mass is 19.1. The van der Waals surface area contributed by atoms with Gasteiger partial charge in [0.2, 0.25) is 5.91 Å². The molecule has 3 aliphatic heterocycles. The Kier molecular flexibility index (Phi) is 6.57. The van der Waals surface area contributed by atoms with Crippen LogP contribution in [0.3, 0.4) is 0 Å². The lowest BCUT2D eigenvalue weighted by molar-refractivity contribution is -0.119. The predicted molar refractivity (Wildman–Crippen MR) is 127 cm³/mol. The van der Waals surface area contributed by atoms with E-state index in [4.69, 9.17) is 9.47 Å². The minimum Gasteiger partial charge on any atom is -0.480 e. The van der Waals surface area contributed by atoms with E-state index in [1.807, 2.05) is 0 Å². The molecule has 0 radical (unpaired) electrons. The molecule has 1 fully saturated rings.